The molecule has 4 aromatic carbocycles. The molecule has 0 fully saturated rings. The molecule has 12 rings (SSSR count). The number of aliphatic carboxylic acids is 8. The van der Waals surface area contributed by atoms with Gasteiger partial charge in [-0.15, -0.1) is 0 Å². The second-order valence-corrected chi connectivity index (χ2v) is 23.5. The molecule has 0 atom stereocenters. The summed E-state index contributed by atoms with van der Waals surface area (Å²) < 4.78 is 0. The Morgan fingerprint density at radius 2 is 0.286 bits per heavy atom. The fraction of sp³-hybridized carbons (Fsp3) is 0.300. The number of carboxylic acid groups (broad SMARTS) is 8. The van der Waals surface area contributed by atoms with Crippen LogP contribution in [0.4, 0.5) is 0 Å². The third-order valence-electron chi connectivity index (χ3n) is 15.4. The predicted molar refractivity (Wildman–Crippen MR) is 382 cm³/mol. The first-order valence-corrected chi connectivity index (χ1v) is 34.2. The van der Waals surface area contributed by atoms with Gasteiger partial charge in [0.25, 0.3) is 0 Å². The number of nitrogens with zero attached hydrogens (tertiary/aromatic N) is 8. The van der Waals surface area contributed by atoms with Crippen LogP contribution in [0.25, 0.3) is 87.2 Å². The number of fused-ring (bicyclic) bond motifs is 12. The molecule has 8 heterocycles. The van der Waals surface area contributed by atoms with E-state index in [1.165, 1.54) is 0 Å². The molecule has 0 unspecified atom stereocenters. The summed E-state index contributed by atoms with van der Waals surface area (Å²) in [4.78, 5) is 114. The molecule has 596 valence electrons. The summed E-state index contributed by atoms with van der Waals surface area (Å²) >= 11 is 0. The molecule has 0 radical (unpaired) electrons. The van der Waals surface area contributed by atoms with Crippen LogP contribution < -0.4 is 40.9 Å². The maximum absolute atomic E-state index is 9.92. The fourth-order valence-corrected chi connectivity index (χ4v) is 10.3. The zero-order valence-electron chi connectivity index (χ0n) is 60.9. The van der Waals surface area contributed by atoms with Crippen molar-refractivity contribution < 1.29 is 197 Å². The molecular weight excluding hydrogens is 1990 g/mol. The molecule has 0 spiro atoms. The molecule has 8 aromatic heterocycles. The van der Waals surface area contributed by atoms with Crippen molar-refractivity contribution in [1.29, 1.82) is 0 Å². The Bertz CT molecular complexity index is 3850. The summed E-state index contributed by atoms with van der Waals surface area (Å²) in [5.41, 5.74) is 7.82. The van der Waals surface area contributed by atoms with Gasteiger partial charge in [-0.3, -0.25) is 39.9 Å². The van der Waals surface area contributed by atoms with E-state index in [0.29, 0.717) is 51.4 Å². The third-order valence-corrected chi connectivity index (χ3v) is 15.4. The molecule has 28 nitrogen and oxygen atoms in total. The van der Waals surface area contributed by atoms with Crippen LogP contribution in [0.3, 0.4) is 0 Å². The molecule has 0 amide bonds. The van der Waals surface area contributed by atoms with Crippen molar-refractivity contribution in [2.45, 2.75) is 154 Å². The molecule has 32 heteroatoms. The van der Waals surface area contributed by atoms with Gasteiger partial charge in [0.2, 0.25) is 0 Å². The average molecular weight is 2070 g/mol. The van der Waals surface area contributed by atoms with E-state index < -0.39 is 47.8 Å². The Balaban J connectivity index is -0.000000590. The maximum atomic E-state index is 9.92. The third kappa shape index (κ3) is 44.2. The first-order valence-electron chi connectivity index (χ1n) is 34.2. The number of carbonyl (C=O) groups excluding carboxylic acids is 8. The van der Waals surface area contributed by atoms with Gasteiger partial charge in [0, 0.05) is 203 Å². The summed E-state index contributed by atoms with van der Waals surface area (Å²) in [6, 6.07) is 48.6. The zero-order valence-corrected chi connectivity index (χ0v) is 71.3. The molecule has 0 saturated carbocycles. The summed E-state index contributed by atoms with van der Waals surface area (Å²) in [6.45, 7) is 0. The number of benzene rings is 4. The summed E-state index contributed by atoms with van der Waals surface area (Å²) in [6.07, 6.45) is 25.3. The molecule has 0 aliphatic carbocycles. The summed E-state index contributed by atoms with van der Waals surface area (Å²) in [7, 11) is 0. The number of pyridine rings is 8. The zero-order chi connectivity index (χ0) is 75.1. The van der Waals surface area contributed by atoms with Crippen molar-refractivity contribution in [2.24, 2.45) is 0 Å². The number of aromatic nitrogens is 8. The second kappa shape index (κ2) is 64.4. The summed E-state index contributed by atoms with van der Waals surface area (Å²) in [5.74, 6) is -8.37. The Hall–Kier alpha value is -9.12. The van der Waals surface area contributed by atoms with Crippen molar-refractivity contribution in [3.63, 3.8) is 0 Å². The first kappa shape index (κ1) is 109. The molecule has 0 aliphatic rings. The molecule has 112 heavy (non-hydrogen) atoms. The van der Waals surface area contributed by atoms with E-state index in [4.69, 9.17) is 0 Å². The van der Waals surface area contributed by atoms with Crippen LogP contribution in [-0.2, 0) is 93.8 Å². The first-order chi connectivity index (χ1) is 50.3. The average Bonchev–Trinajstić information content (AvgIpc) is 0.823. The Morgan fingerprint density at radius 3 is 0.375 bits per heavy atom. The van der Waals surface area contributed by atoms with Crippen molar-refractivity contribution >= 4 is 135 Å². The van der Waals surface area contributed by atoms with Gasteiger partial charge in [-0.25, -0.2) is 0 Å². The van der Waals surface area contributed by atoms with Crippen molar-refractivity contribution in [1.82, 2.24) is 39.9 Å². The normalized spacial score (nSPS) is 9.57. The maximum Gasteiger partial charge on any atom is 3.00 e. The van der Waals surface area contributed by atoms with E-state index in [9.17, 15) is 79.2 Å². The number of carbonyl (C=O) groups is 8. The minimum Gasteiger partial charge on any atom is -2.00 e. The van der Waals surface area contributed by atoms with Gasteiger partial charge < -0.3 is 101 Å². The van der Waals surface area contributed by atoms with E-state index in [2.05, 4.69) is 137 Å². The van der Waals surface area contributed by atoms with Gasteiger partial charge in [0.05, 0.1) is 44.1 Å². The number of carboxylic acids is 8. The molecule has 0 bridgehead atoms. The summed E-state index contributed by atoms with van der Waals surface area (Å²) in [5, 5.41) is 88.5. The van der Waals surface area contributed by atoms with Crippen LogP contribution >= 0.6 is 0 Å². The number of unbranched alkanes of at least 4 members (excludes halogenated alkanes) is 12. The monoisotopic (exact) mass is 2070 g/mol. The number of rotatable bonds is 28. The van der Waals surface area contributed by atoms with Crippen LogP contribution in [0.1, 0.15) is 154 Å². The van der Waals surface area contributed by atoms with Crippen LogP contribution in [0.15, 0.2) is 195 Å². The number of hydrogen-bond donors (Lipinski definition) is 0. The minimum absolute atomic E-state index is 0. The molecule has 12 aromatic rings. The van der Waals surface area contributed by atoms with Crippen LogP contribution in [0.2, 0.25) is 0 Å². The van der Waals surface area contributed by atoms with Gasteiger partial charge in [0.1, 0.15) is 0 Å². The Morgan fingerprint density at radius 1 is 0.188 bits per heavy atom. The van der Waals surface area contributed by atoms with E-state index in [-0.39, 0.29) is 169 Å². The van der Waals surface area contributed by atoms with Gasteiger partial charge in [-0.1, -0.05) is 148 Å². The standard InChI is InChI=1S/4C12H8N2.4C8H14O4.2Co.4O.2U/c4*1-3-9-5-6-10-4-2-8-14-12(10)11(9)13-7-1;4*9-7(10)5-3-1-2-4-6-8(11)12;;;;;;;;/h4*1-8H;4*1-6H2,(H,9,10)(H,11,12);;;;;;;;/q;;;;;;;;2*+3;4*-2;;/p-8. The topological polar surface area (TPSA) is 538 Å². The Labute approximate surface area is 715 Å². The van der Waals surface area contributed by atoms with E-state index in [1.54, 1.807) is 49.6 Å². The second-order valence-electron chi connectivity index (χ2n) is 23.5. The fourth-order valence-electron chi connectivity index (χ4n) is 10.3. The van der Waals surface area contributed by atoms with Gasteiger partial charge in [0.15, 0.2) is 0 Å². The minimum atomic E-state index is -1.05. The van der Waals surface area contributed by atoms with E-state index in [0.717, 1.165) is 139 Å². The molecular formula is C80H80Co2N8O20U2-10. The largest absolute Gasteiger partial charge is 3.00 e. The van der Waals surface area contributed by atoms with E-state index in [1.807, 2.05) is 48.5 Å². The smallest absolute Gasteiger partial charge is 2.00 e. The molecule has 0 saturated heterocycles. The van der Waals surface area contributed by atoms with Crippen LogP contribution in [-0.4, -0.2) is 87.6 Å². The van der Waals surface area contributed by atoms with E-state index >= 15 is 0 Å². The SMILES string of the molecule is O=C([O-])CCCCCCC(=O)[O-].O=C([O-])CCCCCCC(=O)[O-].O=C([O-])CCCCCCC(=O)[O-].O=C([O-])CCCCCCC(=O)[O-].[Co+3].[Co+3].[O-2].[O-2].[O-2].[O-2].[U].[U].c1cnc2c(c1)ccc1cccnc12.c1cnc2c(c1)ccc1cccnc12.c1cnc2c(c1)ccc1cccnc12.c1cnc2c(c1)ccc1cccnc12. The predicted octanol–water partition coefficient (Wildman–Crippen LogP) is 5.96. The Kier molecular flexibility index (Phi) is 62.8. The van der Waals surface area contributed by atoms with Crippen molar-refractivity contribution in [3.05, 3.63) is 195 Å². The van der Waals surface area contributed by atoms with Crippen molar-refractivity contribution in [3.8, 4) is 0 Å². The van der Waals surface area contributed by atoms with Crippen LogP contribution in [0, 0.1) is 62.2 Å². The number of hydrogen-bond acceptors (Lipinski definition) is 24. The van der Waals surface area contributed by atoms with Crippen LogP contribution in [0.5, 0.6) is 0 Å². The van der Waals surface area contributed by atoms with Gasteiger partial charge >= 0.3 is 33.6 Å². The quantitative estimate of drug-likeness (QED) is 0.0403. The van der Waals surface area contributed by atoms with Crippen molar-refractivity contribution in [2.75, 3.05) is 0 Å². The van der Waals surface area contributed by atoms with Gasteiger partial charge in [-0.05, 0) is 151 Å². The molecule has 0 aliphatic heterocycles. The molecule has 0 N–H and O–H groups in total. The van der Waals surface area contributed by atoms with Gasteiger partial charge in [-0.2, -0.15) is 0 Å².